The lowest BCUT2D eigenvalue weighted by atomic mass is 9.84. The number of hydrogen-bond acceptors (Lipinski definition) is 2. The van der Waals surface area contributed by atoms with Crippen molar-refractivity contribution in [2.24, 2.45) is 11.3 Å². The number of rotatable bonds is 3. The van der Waals surface area contributed by atoms with E-state index in [2.05, 4.69) is 33.8 Å². The molecule has 0 bridgehead atoms. The van der Waals surface area contributed by atoms with Crippen molar-refractivity contribution in [1.82, 2.24) is 0 Å². The molecule has 3 heteroatoms. The first-order chi connectivity index (χ1) is 9.67. The van der Waals surface area contributed by atoms with Gasteiger partial charge >= 0.3 is 0 Å². The quantitative estimate of drug-likeness (QED) is 0.857. The van der Waals surface area contributed by atoms with Gasteiger partial charge in [-0.15, -0.1) is 0 Å². The third-order valence-corrected chi connectivity index (χ3v) is 4.15. The van der Waals surface area contributed by atoms with Gasteiger partial charge < -0.3 is 10.6 Å². The molecule has 1 aliphatic heterocycles. The van der Waals surface area contributed by atoms with Crippen LogP contribution in [-0.2, 0) is 11.2 Å². The maximum Gasteiger partial charge on any atom is 0.227 e. The van der Waals surface area contributed by atoms with E-state index < -0.39 is 0 Å². The van der Waals surface area contributed by atoms with Crippen LogP contribution in [-0.4, -0.2) is 12.5 Å². The minimum Gasteiger partial charge on any atom is -0.398 e. The van der Waals surface area contributed by atoms with Crippen molar-refractivity contribution in [3.05, 3.63) is 23.3 Å². The number of carbonyl (C=O) groups is 1. The van der Waals surface area contributed by atoms with Crippen LogP contribution in [0.4, 0.5) is 11.4 Å². The molecule has 0 fully saturated rings. The number of nitrogen functional groups attached to an aromatic ring is 1. The van der Waals surface area contributed by atoms with Crippen LogP contribution in [0, 0.1) is 18.3 Å². The molecule has 1 amide bonds. The summed E-state index contributed by atoms with van der Waals surface area (Å²) in [5.41, 5.74) is 10.4. The molecule has 1 aliphatic rings. The standard InChI is InChI=1S/C18H28N2O/c1-12(11-18(3,4)5)8-17(21)20-7-6-14-9-13(2)15(19)10-16(14)20/h9-10,12H,6-8,11,19H2,1-5H3. The summed E-state index contributed by atoms with van der Waals surface area (Å²) >= 11 is 0. The van der Waals surface area contributed by atoms with Crippen molar-refractivity contribution in [3.8, 4) is 0 Å². The smallest absolute Gasteiger partial charge is 0.227 e. The second kappa shape index (κ2) is 5.70. The fourth-order valence-corrected chi connectivity index (χ4v) is 3.36. The van der Waals surface area contributed by atoms with Crippen molar-refractivity contribution < 1.29 is 4.79 Å². The highest BCUT2D eigenvalue weighted by atomic mass is 16.2. The Bertz CT molecular complexity index is 543. The second-order valence-corrected chi connectivity index (χ2v) is 7.71. The maximum absolute atomic E-state index is 12.6. The summed E-state index contributed by atoms with van der Waals surface area (Å²) < 4.78 is 0. The highest BCUT2D eigenvalue weighted by Crippen LogP contribution is 2.33. The Balaban J connectivity index is 2.08. The van der Waals surface area contributed by atoms with Gasteiger partial charge in [-0.25, -0.2) is 0 Å². The molecule has 0 aromatic heterocycles. The average Bonchev–Trinajstić information content (AvgIpc) is 2.69. The minimum absolute atomic E-state index is 0.230. The summed E-state index contributed by atoms with van der Waals surface area (Å²) in [4.78, 5) is 14.5. The molecule has 2 N–H and O–H groups in total. The van der Waals surface area contributed by atoms with Gasteiger partial charge in [0.2, 0.25) is 5.91 Å². The zero-order valence-electron chi connectivity index (χ0n) is 14.0. The molecule has 1 heterocycles. The van der Waals surface area contributed by atoms with Gasteiger partial charge in [-0.3, -0.25) is 4.79 Å². The zero-order chi connectivity index (χ0) is 15.8. The fraction of sp³-hybridized carbons (Fsp3) is 0.611. The van der Waals surface area contributed by atoms with Gasteiger partial charge in [0.25, 0.3) is 0 Å². The molecule has 0 saturated carbocycles. The first-order valence-electron chi connectivity index (χ1n) is 7.87. The predicted octanol–water partition coefficient (Wildman–Crippen LogP) is 3.93. The Kier molecular flexibility index (Phi) is 4.31. The van der Waals surface area contributed by atoms with Gasteiger partial charge in [-0.05, 0) is 48.3 Å². The normalized spacial score (nSPS) is 16.0. The number of amides is 1. The molecule has 3 nitrogen and oxygen atoms in total. The molecule has 1 atom stereocenters. The summed E-state index contributed by atoms with van der Waals surface area (Å²) in [5.74, 6) is 0.637. The molecule has 21 heavy (non-hydrogen) atoms. The van der Waals surface area contributed by atoms with E-state index in [-0.39, 0.29) is 11.3 Å². The van der Waals surface area contributed by atoms with Crippen LogP contribution in [0.1, 0.15) is 51.7 Å². The Morgan fingerprint density at radius 3 is 2.67 bits per heavy atom. The number of hydrogen-bond donors (Lipinski definition) is 1. The first-order valence-corrected chi connectivity index (χ1v) is 7.87. The van der Waals surface area contributed by atoms with E-state index in [9.17, 15) is 4.79 Å². The number of fused-ring (bicyclic) bond motifs is 1. The molecule has 0 spiro atoms. The first kappa shape index (κ1) is 15.9. The van der Waals surface area contributed by atoms with Crippen LogP contribution in [0.25, 0.3) is 0 Å². The number of aryl methyl sites for hydroxylation is 1. The van der Waals surface area contributed by atoms with Gasteiger partial charge in [0, 0.05) is 24.3 Å². The van der Waals surface area contributed by atoms with Gasteiger partial charge in [0.1, 0.15) is 0 Å². The molecule has 1 unspecified atom stereocenters. The molecule has 2 rings (SSSR count). The monoisotopic (exact) mass is 288 g/mol. The number of carbonyl (C=O) groups excluding carboxylic acids is 1. The van der Waals surface area contributed by atoms with Gasteiger partial charge in [0.05, 0.1) is 0 Å². The van der Waals surface area contributed by atoms with Crippen molar-refractivity contribution in [2.75, 3.05) is 17.2 Å². The third-order valence-electron chi connectivity index (χ3n) is 4.15. The van der Waals surface area contributed by atoms with Crippen LogP contribution >= 0.6 is 0 Å². The van der Waals surface area contributed by atoms with Crippen molar-refractivity contribution in [2.45, 2.75) is 53.9 Å². The molecule has 0 radical (unpaired) electrons. The Labute approximate surface area is 128 Å². The number of nitrogens with two attached hydrogens (primary N) is 1. The topological polar surface area (TPSA) is 46.3 Å². The third kappa shape index (κ3) is 3.78. The highest BCUT2D eigenvalue weighted by Gasteiger charge is 2.27. The molecule has 0 saturated heterocycles. The SMILES string of the molecule is Cc1cc2c(cc1N)N(C(=O)CC(C)CC(C)(C)C)CC2. The van der Waals surface area contributed by atoms with E-state index in [1.54, 1.807) is 0 Å². The summed E-state index contributed by atoms with van der Waals surface area (Å²) in [6.07, 6.45) is 2.62. The average molecular weight is 288 g/mol. The Morgan fingerprint density at radius 1 is 1.38 bits per heavy atom. The number of benzene rings is 1. The summed E-state index contributed by atoms with van der Waals surface area (Å²) in [7, 11) is 0. The molecule has 1 aromatic rings. The second-order valence-electron chi connectivity index (χ2n) is 7.71. The fourth-order valence-electron chi connectivity index (χ4n) is 3.36. The number of nitrogens with zero attached hydrogens (tertiary/aromatic N) is 1. The summed E-state index contributed by atoms with van der Waals surface area (Å²) in [6.45, 7) is 11.7. The summed E-state index contributed by atoms with van der Waals surface area (Å²) in [5, 5.41) is 0. The lowest BCUT2D eigenvalue weighted by molar-refractivity contribution is -0.119. The Hall–Kier alpha value is -1.51. The van der Waals surface area contributed by atoms with Gasteiger partial charge in [-0.2, -0.15) is 0 Å². The highest BCUT2D eigenvalue weighted by molar-refractivity contribution is 5.96. The molecule has 0 aliphatic carbocycles. The van der Waals surface area contributed by atoms with E-state index in [0.29, 0.717) is 12.3 Å². The van der Waals surface area contributed by atoms with E-state index in [0.717, 1.165) is 36.3 Å². The van der Waals surface area contributed by atoms with E-state index in [1.807, 2.05) is 17.9 Å². The lowest BCUT2D eigenvalue weighted by Crippen LogP contribution is -2.30. The largest absolute Gasteiger partial charge is 0.398 e. The number of anilines is 2. The van der Waals surface area contributed by atoms with Crippen molar-refractivity contribution >= 4 is 17.3 Å². The molecule has 1 aromatic carbocycles. The van der Waals surface area contributed by atoms with Crippen LogP contribution in [0.2, 0.25) is 0 Å². The predicted molar refractivity (Wildman–Crippen MR) is 89.5 cm³/mol. The maximum atomic E-state index is 12.6. The zero-order valence-corrected chi connectivity index (χ0v) is 14.0. The van der Waals surface area contributed by atoms with Gasteiger partial charge in [-0.1, -0.05) is 33.8 Å². The Morgan fingerprint density at radius 2 is 2.05 bits per heavy atom. The van der Waals surface area contributed by atoms with E-state index >= 15 is 0 Å². The molecular formula is C18H28N2O. The lowest BCUT2D eigenvalue weighted by Gasteiger charge is -2.25. The van der Waals surface area contributed by atoms with E-state index in [1.165, 1.54) is 5.56 Å². The van der Waals surface area contributed by atoms with E-state index in [4.69, 9.17) is 5.73 Å². The van der Waals surface area contributed by atoms with Crippen molar-refractivity contribution in [3.63, 3.8) is 0 Å². The van der Waals surface area contributed by atoms with Crippen LogP contribution in [0.15, 0.2) is 12.1 Å². The van der Waals surface area contributed by atoms with Gasteiger partial charge in [0.15, 0.2) is 0 Å². The van der Waals surface area contributed by atoms with Crippen LogP contribution < -0.4 is 10.6 Å². The summed E-state index contributed by atoms with van der Waals surface area (Å²) in [6, 6.07) is 4.08. The van der Waals surface area contributed by atoms with Crippen LogP contribution in [0.3, 0.4) is 0 Å². The molecular weight excluding hydrogens is 260 g/mol. The van der Waals surface area contributed by atoms with Crippen LogP contribution in [0.5, 0.6) is 0 Å². The minimum atomic E-state index is 0.230. The molecule has 116 valence electrons. The van der Waals surface area contributed by atoms with Crippen molar-refractivity contribution in [1.29, 1.82) is 0 Å².